The summed E-state index contributed by atoms with van der Waals surface area (Å²) in [6.07, 6.45) is 5.02. The van der Waals surface area contributed by atoms with Crippen LogP contribution in [0, 0.1) is 5.92 Å². The summed E-state index contributed by atoms with van der Waals surface area (Å²) in [7, 11) is 0. The lowest BCUT2D eigenvalue weighted by Crippen LogP contribution is -2.53. The molecular weight excluding hydrogens is 344 g/mol. The van der Waals surface area contributed by atoms with Gasteiger partial charge in [-0.3, -0.25) is 14.4 Å². The van der Waals surface area contributed by atoms with Crippen molar-refractivity contribution in [3.8, 4) is 0 Å². The van der Waals surface area contributed by atoms with Crippen molar-refractivity contribution in [2.24, 2.45) is 11.7 Å². The second kappa shape index (κ2) is 10.6. The van der Waals surface area contributed by atoms with Crippen LogP contribution in [-0.2, 0) is 14.4 Å². The van der Waals surface area contributed by atoms with Crippen molar-refractivity contribution in [1.82, 2.24) is 15.1 Å². The second-order valence-corrected chi connectivity index (χ2v) is 6.83. The number of likely N-dealkylation sites (tertiary alicyclic amines) is 2. The zero-order chi connectivity index (χ0) is 17.5. The average Bonchev–Trinajstić information content (AvgIpc) is 2.60. The number of nitrogens with two attached hydrogens (primary N) is 1. The van der Waals surface area contributed by atoms with E-state index in [2.05, 4.69) is 5.32 Å². The fraction of sp³-hybridized carbons (Fsp3) is 0.824. The number of nitrogens with one attached hydrogen (secondary N) is 1. The summed E-state index contributed by atoms with van der Waals surface area (Å²) in [6.45, 7) is 4.40. The molecule has 144 valence electrons. The van der Waals surface area contributed by atoms with Gasteiger partial charge >= 0.3 is 0 Å². The predicted octanol–water partition coefficient (Wildman–Crippen LogP) is 0.513. The molecule has 0 aromatic carbocycles. The number of hydrogen-bond donors (Lipinski definition) is 2. The quantitative estimate of drug-likeness (QED) is 0.733. The summed E-state index contributed by atoms with van der Waals surface area (Å²) in [5, 5.41) is 2.89. The van der Waals surface area contributed by atoms with E-state index < -0.39 is 0 Å². The highest BCUT2D eigenvalue weighted by atomic mass is 35.5. The Morgan fingerprint density at radius 2 is 1.88 bits per heavy atom. The monoisotopic (exact) mass is 374 g/mol. The van der Waals surface area contributed by atoms with Crippen LogP contribution in [-0.4, -0.2) is 66.3 Å². The first-order valence-corrected chi connectivity index (χ1v) is 9.05. The molecule has 0 spiro atoms. The van der Waals surface area contributed by atoms with Gasteiger partial charge in [0.15, 0.2) is 0 Å². The Morgan fingerprint density at radius 3 is 2.56 bits per heavy atom. The average molecular weight is 375 g/mol. The van der Waals surface area contributed by atoms with Gasteiger partial charge in [0.2, 0.25) is 17.7 Å². The number of carbonyl (C=O) groups excluding carboxylic acids is 3. The summed E-state index contributed by atoms with van der Waals surface area (Å²) in [4.78, 5) is 39.9. The molecule has 2 aliphatic heterocycles. The van der Waals surface area contributed by atoms with Gasteiger partial charge in [-0.2, -0.15) is 0 Å². The fourth-order valence-corrected chi connectivity index (χ4v) is 3.65. The number of rotatable bonds is 5. The van der Waals surface area contributed by atoms with Crippen LogP contribution in [0.3, 0.4) is 0 Å². The first kappa shape index (κ1) is 21.7. The van der Waals surface area contributed by atoms with E-state index >= 15 is 0 Å². The first-order valence-electron chi connectivity index (χ1n) is 9.05. The van der Waals surface area contributed by atoms with Gasteiger partial charge in [0.25, 0.3) is 0 Å². The van der Waals surface area contributed by atoms with Gasteiger partial charge < -0.3 is 20.9 Å². The number of amides is 3. The summed E-state index contributed by atoms with van der Waals surface area (Å²) < 4.78 is 0. The Hall–Kier alpha value is -1.34. The van der Waals surface area contributed by atoms with Gasteiger partial charge in [0.05, 0.1) is 5.92 Å². The third-order valence-corrected chi connectivity index (χ3v) is 5.03. The van der Waals surface area contributed by atoms with E-state index in [4.69, 9.17) is 5.73 Å². The van der Waals surface area contributed by atoms with Gasteiger partial charge in [-0.1, -0.05) is 0 Å². The molecule has 0 aliphatic carbocycles. The maximum absolute atomic E-state index is 13.0. The molecule has 2 saturated heterocycles. The molecule has 3 N–H and O–H groups in total. The van der Waals surface area contributed by atoms with E-state index in [9.17, 15) is 14.4 Å². The SMILES string of the molecule is CC(=O)N1CCCC(C(=O)N2CCCCC2CNC(=O)CCN)C1.Cl. The zero-order valence-corrected chi connectivity index (χ0v) is 15.9. The molecule has 2 unspecified atom stereocenters. The topological polar surface area (TPSA) is 95.7 Å². The van der Waals surface area contributed by atoms with Crippen molar-refractivity contribution in [2.75, 3.05) is 32.7 Å². The van der Waals surface area contributed by atoms with Crippen LogP contribution in [0.5, 0.6) is 0 Å². The van der Waals surface area contributed by atoms with Crippen molar-refractivity contribution in [3.05, 3.63) is 0 Å². The summed E-state index contributed by atoms with van der Waals surface area (Å²) in [5.41, 5.74) is 5.39. The Balaban J connectivity index is 0.00000312. The Morgan fingerprint density at radius 1 is 1.12 bits per heavy atom. The lowest BCUT2D eigenvalue weighted by molar-refractivity contribution is -0.143. The third kappa shape index (κ3) is 6.15. The van der Waals surface area contributed by atoms with E-state index in [1.54, 1.807) is 11.8 Å². The van der Waals surface area contributed by atoms with E-state index in [0.717, 1.165) is 45.2 Å². The molecular formula is C17H31ClN4O3. The number of halogens is 1. The number of hydrogen-bond acceptors (Lipinski definition) is 4. The van der Waals surface area contributed by atoms with Crippen molar-refractivity contribution >= 4 is 30.1 Å². The molecule has 25 heavy (non-hydrogen) atoms. The van der Waals surface area contributed by atoms with Crippen LogP contribution < -0.4 is 11.1 Å². The minimum atomic E-state index is -0.108. The molecule has 0 bridgehead atoms. The van der Waals surface area contributed by atoms with Crippen LogP contribution >= 0.6 is 12.4 Å². The summed E-state index contributed by atoms with van der Waals surface area (Å²) >= 11 is 0. The first-order chi connectivity index (χ1) is 11.5. The normalized spacial score (nSPS) is 23.6. The smallest absolute Gasteiger partial charge is 0.227 e. The zero-order valence-electron chi connectivity index (χ0n) is 15.0. The predicted molar refractivity (Wildman–Crippen MR) is 98.3 cm³/mol. The number of carbonyl (C=O) groups is 3. The summed E-state index contributed by atoms with van der Waals surface area (Å²) in [6, 6.07) is 0.0562. The van der Waals surface area contributed by atoms with Gasteiger partial charge in [-0.15, -0.1) is 12.4 Å². The Kier molecular flexibility index (Phi) is 9.21. The highest BCUT2D eigenvalue weighted by Crippen LogP contribution is 2.24. The van der Waals surface area contributed by atoms with Gasteiger partial charge in [0.1, 0.15) is 0 Å². The lowest BCUT2D eigenvalue weighted by atomic mass is 9.93. The van der Waals surface area contributed by atoms with Gasteiger partial charge in [-0.25, -0.2) is 0 Å². The van der Waals surface area contributed by atoms with Crippen LogP contribution in [0.2, 0.25) is 0 Å². The molecule has 2 rings (SSSR count). The Labute approximate surface area is 156 Å². The minimum absolute atomic E-state index is 0. The Bertz CT molecular complexity index is 475. The highest BCUT2D eigenvalue weighted by Gasteiger charge is 2.34. The second-order valence-electron chi connectivity index (χ2n) is 6.83. The number of nitrogens with zero attached hydrogens (tertiary/aromatic N) is 2. The molecule has 0 radical (unpaired) electrons. The molecule has 0 aromatic rings. The van der Waals surface area contributed by atoms with E-state index in [1.807, 2.05) is 4.90 Å². The van der Waals surface area contributed by atoms with Crippen LogP contribution in [0.25, 0.3) is 0 Å². The maximum Gasteiger partial charge on any atom is 0.227 e. The van der Waals surface area contributed by atoms with Crippen LogP contribution in [0.4, 0.5) is 0 Å². The minimum Gasteiger partial charge on any atom is -0.354 e. The largest absolute Gasteiger partial charge is 0.354 e. The van der Waals surface area contributed by atoms with Crippen molar-refractivity contribution in [2.45, 2.75) is 51.5 Å². The molecule has 2 atom stereocenters. The summed E-state index contributed by atoms with van der Waals surface area (Å²) in [5.74, 6) is 0.00866. The van der Waals surface area contributed by atoms with Gasteiger partial charge in [0, 0.05) is 52.1 Å². The van der Waals surface area contributed by atoms with Crippen LogP contribution in [0.1, 0.15) is 45.4 Å². The van der Waals surface area contributed by atoms with Crippen molar-refractivity contribution in [1.29, 1.82) is 0 Å². The lowest BCUT2D eigenvalue weighted by Gasteiger charge is -2.40. The maximum atomic E-state index is 13.0. The van der Waals surface area contributed by atoms with E-state index in [1.165, 1.54) is 0 Å². The third-order valence-electron chi connectivity index (χ3n) is 5.03. The molecule has 8 heteroatoms. The molecule has 7 nitrogen and oxygen atoms in total. The fourth-order valence-electron chi connectivity index (χ4n) is 3.65. The molecule has 0 aromatic heterocycles. The van der Waals surface area contributed by atoms with Crippen molar-refractivity contribution < 1.29 is 14.4 Å². The van der Waals surface area contributed by atoms with E-state index in [-0.39, 0.29) is 42.1 Å². The highest BCUT2D eigenvalue weighted by molar-refractivity contribution is 5.85. The molecule has 2 aliphatic rings. The van der Waals surface area contributed by atoms with Crippen molar-refractivity contribution in [3.63, 3.8) is 0 Å². The standard InChI is InChI=1S/C17H30N4O3.ClH/c1-13(22)20-9-4-5-14(12-20)17(24)21-10-3-2-6-15(21)11-19-16(23)7-8-18;/h14-15H,2-12,18H2,1H3,(H,19,23);1H. The van der Waals surface area contributed by atoms with Gasteiger partial charge in [-0.05, 0) is 32.1 Å². The van der Waals surface area contributed by atoms with E-state index in [0.29, 0.717) is 26.1 Å². The molecule has 3 amide bonds. The molecule has 2 fully saturated rings. The van der Waals surface area contributed by atoms with Crippen LogP contribution in [0.15, 0.2) is 0 Å². The molecule has 2 heterocycles. The number of piperidine rings is 2. The molecule has 0 saturated carbocycles.